The van der Waals surface area contributed by atoms with E-state index in [9.17, 15) is 14.0 Å². The molecule has 0 radical (unpaired) electrons. The number of rotatable bonds is 5. The standard InChI is InChI=1S/C15H18FNO3/c1-10(8-12-4-6-13(16)7-5-12)14(18)17(3)9-11(2)15(19)20/h4-8,11H,9H2,1-3H3,(H,19,20)/b10-8+. The summed E-state index contributed by atoms with van der Waals surface area (Å²) in [5.74, 6) is -2.15. The van der Waals surface area contributed by atoms with Crippen LogP contribution in [0, 0.1) is 11.7 Å². The summed E-state index contributed by atoms with van der Waals surface area (Å²) in [6.07, 6.45) is 1.64. The van der Waals surface area contributed by atoms with Gasteiger partial charge in [0.15, 0.2) is 0 Å². The number of carboxylic acid groups (broad SMARTS) is 1. The first kappa shape index (κ1) is 15.9. The molecule has 1 unspecified atom stereocenters. The Kier molecular flexibility index (Phi) is 5.43. The van der Waals surface area contributed by atoms with Gasteiger partial charge in [-0.2, -0.15) is 0 Å². The van der Waals surface area contributed by atoms with Crippen LogP contribution in [0.25, 0.3) is 6.08 Å². The average Bonchev–Trinajstić information content (AvgIpc) is 2.40. The van der Waals surface area contributed by atoms with Gasteiger partial charge in [-0.05, 0) is 30.7 Å². The van der Waals surface area contributed by atoms with E-state index in [0.29, 0.717) is 5.57 Å². The molecule has 0 aliphatic rings. The smallest absolute Gasteiger partial charge is 0.308 e. The van der Waals surface area contributed by atoms with E-state index in [4.69, 9.17) is 5.11 Å². The first-order valence-corrected chi connectivity index (χ1v) is 6.23. The van der Waals surface area contributed by atoms with Gasteiger partial charge in [0.05, 0.1) is 5.92 Å². The molecule has 0 aliphatic heterocycles. The third kappa shape index (κ3) is 4.50. The van der Waals surface area contributed by atoms with Crippen molar-refractivity contribution < 1.29 is 19.1 Å². The molecular weight excluding hydrogens is 261 g/mol. The van der Waals surface area contributed by atoms with Gasteiger partial charge in [0.25, 0.3) is 0 Å². The minimum Gasteiger partial charge on any atom is -0.481 e. The lowest BCUT2D eigenvalue weighted by molar-refractivity contribution is -0.142. The highest BCUT2D eigenvalue weighted by Gasteiger charge is 2.18. The number of hydrogen-bond donors (Lipinski definition) is 1. The van der Waals surface area contributed by atoms with Crippen LogP contribution in [0.1, 0.15) is 19.4 Å². The lowest BCUT2D eigenvalue weighted by Crippen LogP contribution is -2.34. The molecule has 4 nitrogen and oxygen atoms in total. The van der Waals surface area contributed by atoms with Gasteiger partial charge in [0.1, 0.15) is 5.82 Å². The highest BCUT2D eigenvalue weighted by molar-refractivity contribution is 5.97. The van der Waals surface area contributed by atoms with E-state index in [1.807, 2.05) is 0 Å². The van der Waals surface area contributed by atoms with Gasteiger partial charge in [-0.1, -0.05) is 19.1 Å². The SMILES string of the molecule is C/C(=C\c1ccc(F)cc1)C(=O)N(C)CC(C)C(=O)O. The number of likely N-dealkylation sites (N-methyl/N-ethyl adjacent to an activating group) is 1. The van der Waals surface area contributed by atoms with Crippen molar-refractivity contribution in [2.24, 2.45) is 5.92 Å². The molecule has 0 saturated heterocycles. The second-order valence-corrected chi connectivity index (χ2v) is 4.80. The van der Waals surface area contributed by atoms with Crippen molar-refractivity contribution in [2.45, 2.75) is 13.8 Å². The Bertz CT molecular complexity index is 522. The summed E-state index contributed by atoms with van der Waals surface area (Å²) in [6, 6.07) is 5.79. The molecular formula is C15H18FNO3. The molecule has 0 aromatic heterocycles. The quantitative estimate of drug-likeness (QED) is 0.842. The summed E-state index contributed by atoms with van der Waals surface area (Å²) in [6.45, 7) is 3.33. The van der Waals surface area contributed by atoms with Crippen LogP contribution in [0.4, 0.5) is 4.39 Å². The molecule has 0 spiro atoms. The maximum atomic E-state index is 12.8. The monoisotopic (exact) mass is 279 g/mol. The second kappa shape index (κ2) is 6.84. The molecule has 1 aromatic rings. The molecule has 5 heteroatoms. The summed E-state index contributed by atoms with van der Waals surface area (Å²) in [5, 5.41) is 8.82. The predicted octanol–water partition coefficient (Wildman–Crippen LogP) is 2.41. The molecule has 1 aromatic carbocycles. The van der Waals surface area contributed by atoms with Crippen molar-refractivity contribution >= 4 is 18.0 Å². The third-order valence-corrected chi connectivity index (χ3v) is 2.91. The number of carbonyl (C=O) groups is 2. The van der Waals surface area contributed by atoms with E-state index in [2.05, 4.69) is 0 Å². The first-order chi connectivity index (χ1) is 9.31. The molecule has 108 valence electrons. The fourth-order valence-corrected chi connectivity index (χ4v) is 1.74. The number of hydrogen-bond acceptors (Lipinski definition) is 2. The Hall–Kier alpha value is -2.17. The van der Waals surface area contributed by atoms with E-state index in [0.717, 1.165) is 5.56 Å². The minimum absolute atomic E-state index is 0.142. The predicted molar refractivity (Wildman–Crippen MR) is 74.5 cm³/mol. The van der Waals surface area contributed by atoms with Gasteiger partial charge in [-0.3, -0.25) is 9.59 Å². The second-order valence-electron chi connectivity index (χ2n) is 4.80. The molecule has 0 bridgehead atoms. The Morgan fingerprint density at radius 3 is 2.40 bits per heavy atom. The van der Waals surface area contributed by atoms with Crippen molar-refractivity contribution in [1.29, 1.82) is 0 Å². The fraction of sp³-hybridized carbons (Fsp3) is 0.333. The van der Waals surface area contributed by atoms with Crippen molar-refractivity contribution in [3.05, 3.63) is 41.2 Å². The first-order valence-electron chi connectivity index (χ1n) is 6.23. The summed E-state index contributed by atoms with van der Waals surface area (Å²) < 4.78 is 12.8. The average molecular weight is 279 g/mol. The molecule has 0 aliphatic carbocycles. The molecule has 1 rings (SSSR count). The molecule has 1 atom stereocenters. The number of nitrogens with zero attached hydrogens (tertiary/aromatic N) is 1. The normalized spacial score (nSPS) is 12.9. The van der Waals surface area contributed by atoms with Crippen LogP contribution >= 0.6 is 0 Å². The number of carbonyl (C=O) groups excluding carboxylic acids is 1. The minimum atomic E-state index is -0.940. The zero-order valence-electron chi connectivity index (χ0n) is 11.8. The zero-order valence-corrected chi connectivity index (χ0v) is 11.8. The van der Waals surface area contributed by atoms with Crippen LogP contribution in [0.5, 0.6) is 0 Å². The summed E-state index contributed by atoms with van der Waals surface area (Å²) in [7, 11) is 1.56. The molecule has 0 fully saturated rings. The maximum absolute atomic E-state index is 12.8. The Morgan fingerprint density at radius 2 is 1.90 bits per heavy atom. The van der Waals surface area contributed by atoms with E-state index in [1.165, 1.54) is 17.0 Å². The van der Waals surface area contributed by atoms with E-state index in [1.54, 1.807) is 39.1 Å². The van der Waals surface area contributed by atoms with Crippen molar-refractivity contribution in [2.75, 3.05) is 13.6 Å². The van der Waals surface area contributed by atoms with Gasteiger partial charge in [-0.15, -0.1) is 0 Å². The van der Waals surface area contributed by atoms with E-state index >= 15 is 0 Å². The Morgan fingerprint density at radius 1 is 1.35 bits per heavy atom. The third-order valence-electron chi connectivity index (χ3n) is 2.91. The number of benzene rings is 1. The van der Waals surface area contributed by atoms with Gasteiger partial charge in [-0.25, -0.2) is 4.39 Å². The summed E-state index contributed by atoms with van der Waals surface area (Å²) in [4.78, 5) is 24.2. The van der Waals surface area contributed by atoms with Crippen molar-refractivity contribution in [3.63, 3.8) is 0 Å². The zero-order chi connectivity index (χ0) is 15.3. The topological polar surface area (TPSA) is 57.6 Å². The summed E-state index contributed by atoms with van der Waals surface area (Å²) in [5.41, 5.74) is 1.19. The highest BCUT2D eigenvalue weighted by Crippen LogP contribution is 2.11. The lowest BCUT2D eigenvalue weighted by Gasteiger charge is -2.19. The van der Waals surface area contributed by atoms with Crippen molar-refractivity contribution in [3.8, 4) is 0 Å². The fourth-order valence-electron chi connectivity index (χ4n) is 1.74. The van der Waals surface area contributed by atoms with Crippen LogP contribution < -0.4 is 0 Å². The van der Waals surface area contributed by atoms with Crippen LogP contribution in [0.2, 0.25) is 0 Å². The number of amides is 1. The van der Waals surface area contributed by atoms with Crippen LogP contribution in [0.15, 0.2) is 29.8 Å². The summed E-state index contributed by atoms with van der Waals surface area (Å²) >= 11 is 0. The van der Waals surface area contributed by atoms with Crippen LogP contribution in [-0.4, -0.2) is 35.5 Å². The number of carboxylic acids is 1. The van der Waals surface area contributed by atoms with Crippen LogP contribution in [-0.2, 0) is 9.59 Å². The molecule has 0 heterocycles. The van der Waals surface area contributed by atoms with E-state index < -0.39 is 11.9 Å². The lowest BCUT2D eigenvalue weighted by atomic mass is 10.1. The van der Waals surface area contributed by atoms with Gasteiger partial charge < -0.3 is 10.0 Å². The largest absolute Gasteiger partial charge is 0.481 e. The maximum Gasteiger partial charge on any atom is 0.308 e. The van der Waals surface area contributed by atoms with Gasteiger partial charge in [0.2, 0.25) is 5.91 Å². The van der Waals surface area contributed by atoms with Gasteiger partial charge in [0, 0.05) is 19.2 Å². The number of aliphatic carboxylic acids is 1. The van der Waals surface area contributed by atoms with Gasteiger partial charge >= 0.3 is 5.97 Å². The molecule has 1 N–H and O–H groups in total. The molecule has 20 heavy (non-hydrogen) atoms. The Balaban J connectivity index is 2.75. The molecule has 0 saturated carbocycles. The molecule has 1 amide bonds. The van der Waals surface area contributed by atoms with Crippen LogP contribution in [0.3, 0.4) is 0 Å². The number of halogens is 1. The van der Waals surface area contributed by atoms with E-state index in [-0.39, 0.29) is 18.3 Å². The Labute approximate surface area is 117 Å². The van der Waals surface area contributed by atoms with Crippen molar-refractivity contribution in [1.82, 2.24) is 4.90 Å². The highest BCUT2D eigenvalue weighted by atomic mass is 19.1.